The van der Waals surface area contributed by atoms with Crippen molar-refractivity contribution in [1.29, 1.82) is 0 Å². The van der Waals surface area contributed by atoms with E-state index in [1.54, 1.807) is 0 Å². The van der Waals surface area contributed by atoms with E-state index < -0.39 is 0 Å². The molecule has 0 aromatic heterocycles. The smallest absolute Gasteiger partial charge is 0.0447 e. The van der Waals surface area contributed by atoms with Gasteiger partial charge in [-0.1, -0.05) is 26.0 Å². The highest BCUT2D eigenvalue weighted by Crippen LogP contribution is 2.17. The number of aryl methyl sites for hydroxylation is 1. The molecule has 0 aliphatic heterocycles. The quantitative estimate of drug-likeness (QED) is 0.798. The average Bonchev–Trinajstić information content (AvgIpc) is 2.23. The van der Waals surface area contributed by atoms with Gasteiger partial charge < -0.3 is 10.0 Å². The van der Waals surface area contributed by atoms with E-state index in [1.807, 2.05) is 0 Å². The Labute approximate surface area is 98.9 Å². The Bertz CT molecular complexity index is 309. The SMILES string of the molecule is Cc1cccc(N(CCCO)CC(C)C)c1. The molecule has 0 heterocycles. The van der Waals surface area contributed by atoms with Gasteiger partial charge in [0.2, 0.25) is 0 Å². The van der Waals surface area contributed by atoms with Crippen LogP contribution in [0.4, 0.5) is 5.69 Å². The van der Waals surface area contributed by atoms with Crippen LogP contribution in [0.5, 0.6) is 0 Å². The molecule has 0 radical (unpaired) electrons. The minimum Gasteiger partial charge on any atom is -0.396 e. The third-order valence-electron chi connectivity index (χ3n) is 2.54. The van der Waals surface area contributed by atoms with Crippen LogP contribution in [0.2, 0.25) is 0 Å². The van der Waals surface area contributed by atoms with Crippen molar-refractivity contribution < 1.29 is 5.11 Å². The van der Waals surface area contributed by atoms with E-state index in [4.69, 9.17) is 5.11 Å². The second-order valence-corrected chi connectivity index (χ2v) is 4.76. The molecular formula is C14H23NO. The van der Waals surface area contributed by atoms with E-state index in [9.17, 15) is 0 Å². The summed E-state index contributed by atoms with van der Waals surface area (Å²) in [4.78, 5) is 2.36. The zero-order valence-electron chi connectivity index (χ0n) is 10.6. The largest absolute Gasteiger partial charge is 0.396 e. The number of aliphatic hydroxyl groups is 1. The zero-order valence-corrected chi connectivity index (χ0v) is 10.6. The number of nitrogens with zero attached hydrogens (tertiary/aromatic N) is 1. The maximum Gasteiger partial charge on any atom is 0.0447 e. The van der Waals surface area contributed by atoms with Crippen LogP contribution < -0.4 is 4.90 Å². The van der Waals surface area contributed by atoms with Crippen LogP contribution in [-0.4, -0.2) is 24.8 Å². The topological polar surface area (TPSA) is 23.5 Å². The van der Waals surface area contributed by atoms with E-state index in [0.29, 0.717) is 5.92 Å². The first kappa shape index (κ1) is 13.0. The van der Waals surface area contributed by atoms with Gasteiger partial charge in [0.15, 0.2) is 0 Å². The van der Waals surface area contributed by atoms with Gasteiger partial charge in [-0.2, -0.15) is 0 Å². The Balaban J connectivity index is 2.74. The molecule has 2 nitrogen and oxygen atoms in total. The first-order valence-corrected chi connectivity index (χ1v) is 6.06. The molecule has 0 unspecified atom stereocenters. The summed E-state index contributed by atoms with van der Waals surface area (Å²) in [6.07, 6.45) is 0.834. The highest BCUT2D eigenvalue weighted by Gasteiger charge is 2.07. The summed E-state index contributed by atoms with van der Waals surface area (Å²) in [5.41, 5.74) is 2.55. The average molecular weight is 221 g/mol. The lowest BCUT2D eigenvalue weighted by Gasteiger charge is -2.26. The van der Waals surface area contributed by atoms with Gasteiger partial charge in [-0.05, 0) is 37.0 Å². The molecule has 1 aromatic carbocycles. The van der Waals surface area contributed by atoms with Crippen molar-refractivity contribution in [3.8, 4) is 0 Å². The predicted octanol–water partition coefficient (Wildman–Crippen LogP) is 2.84. The van der Waals surface area contributed by atoms with Crippen molar-refractivity contribution in [2.45, 2.75) is 27.2 Å². The standard InChI is InChI=1S/C14H23NO/c1-12(2)11-15(8-5-9-16)14-7-4-6-13(3)10-14/h4,6-7,10,12,16H,5,8-9,11H2,1-3H3. The molecule has 1 N–H and O–H groups in total. The molecule has 0 saturated heterocycles. The monoisotopic (exact) mass is 221 g/mol. The lowest BCUT2D eigenvalue weighted by molar-refractivity contribution is 0.289. The van der Waals surface area contributed by atoms with Crippen LogP contribution in [0.25, 0.3) is 0 Å². The minimum atomic E-state index is 0.264. The van der Waals surface area contributed by atoms with Gasteiger partial charge >= 0.3 is 0 Å². The van der Waals surface area contributed by atoms with Crippen LogP contribution in [-0.2, 0) is 0 Å². The van der Waals surface area contributed by atoms with Crippen molar-refractivity contribution in [2.24, 2.45) is 5.92 Å². The fourth-order valence-electron chi connectivity index (χ4n) is 1.85. The lowest BCUT2D eigenvalue weighted by Crippen LogP contribution is -2.29. The molecule has 0 spiro atoms. The van der Waals surface area contributed by atoms with E-state index >= 15 is 0 Å². The first-order chi connectivity index (χ1) is 7.63. The molecule has 0 aliphatic carbocycles. The molecule has 0 fully saturated rings. The molecule has 1 aromatic rings. The zero-order chi connectivity index (χ0) is 12.0. The molecule has 0 atom stereocenters. The normalized spacial score (nSPS) is 10.8. The molecular weight excluding hydrogens is 198 g/mol. The molecule has 0 aliphatic rings. The van der Waals surface area contributed by atoms with Gasteiger partial charge in [0.05, 0.1) is 0 Å². The molecule has 0 amide bonds. The van der Waals surface area contributed by atoms with Crippen molar-refractivity contribution in [3.05, 3.63) is 29.8 Å². The number of anilines is 1. The van der Waals surface area contributed by atoms with Gasteiger partial charge in [-0.15, -0.1) is 0 Å². The Kier molecular flexibility index (Phi) is 5.33. The Hall–Kier alpha value is -1.02. The summed E-state index contributed by atoms with van der Waals surface area (Å²) < 4.78 is 0. The van der Waals surface area contributed by atoms with E-state index in [-0.39, 0.29) is 6.61 Å². The van der Waals surface area contributed by atoms with Gasteiger partial charge in [-0.3, -0.25) is 0 Å². The third kappa shape index (κ3) is 4.23. The minimum absolute atomic E-state index is 0.264. The summed E-state index contributed by atoms with van der Waals surface area (Å²) in [6.45, 7) is 8.80. The van der Waals surface area contributed by atoms with Crippen molar-refractivity contribution in [3.63, 3.8) is 0 Å². The highest BCUT2D eigenvalue weighted by atomic mass is 16.3. The summed E-state index contributed by atoms with van der Waals surface area (Å²) in [6, 6.07) is 8.56. The second kappa shape index (κ2) is 6.54. The molecule has 2 heteroatoms. The maximum atomic E-state index is 8.92. The summed E-state index contributed by atoms with van der Waals surface area (Å²) in [7, 11) is 0. The maximum absolute atomic E-state index is 8.92. The fraction of sp³-hybridized carbons (Fsp3) is 0.571. The van der Waals surface area contributed by atoms with Gasteiger partial charge in [-0.25, -0.2) is 0 Å². The Morgan fingerprint density at radius 3 is 2.62 bits per heavy atom. The van der Waals surface area contributed by atoms with Crippen LogP contribution in [0, 0.1) is 12.8 Å². The highest BCUT2D eigenvalue weighted by molar-refractivity contribution is 5.48. The van der Waals surface area contributed by atoms with Gasteiger partial charge in [0.1, 0.15) is 0 Å². The van der Waals surface area contributed by atoms with Gasteiger partial charge in [0, 0.05) is 25.4 Å². The molecule has 16 heavy (non-hydrogen) atoms. The van der Waals surface area contributed by atoms with Crippen LogP contribution in [0.15, 0.2) is 24.3 Å². The molecule has 0 saturated carbocycles. The predicted molar refractivity (Wildman–Crippen MR) is 69.9 cm³/mol. The first-order valence-electron chi connectivity index (χ1n) is 6.06. The van der Waals surface area contributed by atoms with E-state index in [0.717, 1.165) is 19.5 Å². The van der Waals surface area contributed by atoms with Crippen molar-refractivity contribution >= 4 is 5.69 Å². The Morgan fingerprint density at radius 2 is 2.06 bits per heavy atom. The van der Waals surface area contributed by atoms with Crippen molar-refractivity contribution in [2.75, 3.05) is 24.6 Å². The third-order valence-corrected chi connectivity index (χ3v) is 2.54. The van der Waals surface area contributed by atoms with Crippen LogP contribution in [0.1, 0.15) is 25.8 Å². The summed E-state index contributed by atoms with van der Waals surface area (Å²) in [5.74, 6) is 0.638. The number of hydrogen-bond donors (Lipinski definition) is 1. The lowest BCUT2D eigenvalue weighted by atomic mass is 10.1. The van der Waals surface area contributed by atoms with Gasteiger partial charge in [0.25, 0.3) is 0 Å². The fourth-order valence-corrected chi connectivity index (χ4v) is 1.85. The molecule has 1 rings (SSSR count). The molecule has 0 bridgehead atoms. The number of benzene rings is 1. The summed E-state index contributed by atoms with van der Waals surface area (Å²) in [5, 5.41) is 8.92. The Morgan fingerprint density at radius 1 is 1.31 bits per heavy atom. The number of rotatable bonds is 6. The van der Waals surface area contributed by atoms with Crippen LogP contribution >= 0.6 is 0 Å². The van der Waals surface area contributed by atoms with Crippen molar-refractivity contribution in [1.82, 2.24) is 0 Å². The summed E-state index contributed by atoms with van der Waals surface area (Å²) >= 11 is 0. The van der Waals surface area contributed by atoms with E-state index in [2.05, 4.69) is 49.9 Å². The molecule has 90 valence electrons. The number of hydrogen-bond acceptors (Lipinski definition) is 2. The van der Waals surface area contributed by atoms with E-state index in [1.165, 1.54) is 11.3 Å². The van der Waals surface area contributed by atoms with Crippen LogP contribution in [0.3, 0.4) is 0 Å². The second-order valence-electron chi connectivity index (χ2n) is 4.76. The number of aliphatic hydroxyl groups excluding tert-OH is 1.